The van der Waals surface area contributed by atoms with E-state index >= 15 is 0 Å². The summed E-state index contributed by atoms with van der Waals surface area (Å²) in [5.41, 5.74) is -1.49. The Labute approximate surface area is 125 Å². The minimum atomic E-state index is -1.82. The second-order valence-electron chi connectivity index (χ2n) is 4.34. The molecule has 1 aromatic carbocycles. The topological polar surface area (TPSA) is 74.6 Å². The fraction of sp³-hybridized carbons (Fsp3) is 0.429. The van der Waals surface area contributed by atoms with Crippen molar-refractivity contribution in [3.63, 3.8) is 0 Å². The van der Waals surface area contributed by atoms with Crippen molar-refractivity contribution >= 4 is 30.8 Å². The maximum absolute atomic E-state index is 11.5. The van der Waals surface area contributed by atoms with E-state index in [1.807, 2.05) is 6.92 Å². The van der Waals surface area contributed by atoms with Crippen LogP contribution in [0.1, 0.15) is 38.2 Å². The molecule has 5 heteroatoms. The molecule has 2 N–H and O–H groups in total. The van der Waals surface area contributed by atoms with E-state index in [0.29, 0.717) is 12.0 Å². The molecule has 0 spiro atoms. The van der Waals surface area contributed by atoms with E-state index in [-0.39, 0.29) is 25.3 Å². The van der Waals surface area contributed by atoms with Crippen LogP contribution in [-0.2, 0) is 15.0 Å². The van der Waals surface area contributed by atoms with Gasteiger partial charge in [-0.1, -0.05) is 56.5 Å². The Morgan fingerprint density at radius 3 is 2.00 bits per heavy atom. The summed E-state index contributed by atoms with van der Waals surface area (Å²) in [7, 11) is 0. The maximum atomic E-state index is 11.5. The van der Waals surface area contributed by atoms with Crippen molar-refractivity contribution in [3.8, 4) is 0 Å². The van der Waals surface area contributed by atoms with Crippen molar-refractivity contribution in [1.82, 2.24) is 0 Å². The summed E-state index contributed by atoms with van der Waals surface area (Å²) in [4.78, 5) is 23.0. The van der Waals surface area contributed by atoms with Gasteiger partial charge < -0.3 is 10.2 Å². The van der Waals surface area contributed by atoms with E-state index in [9.17, 15) is 19.8 Å². The van der Waals surface area contributed by atoms with Crippen LogP contribution in [0.15, 0.2) is 30.3 Å². The molecule has 0 saturated carbocycles. The molecule has 0 aliphatic rings. The summed E-state index contributed by atoms with van der Waals surface area (Å²) in [5.74, 6) is -2.59. The van der Waals surface area contributed by atoms with Gasteiger partial charge >= 0.3 is 30.8 Å². The van der Waals surface area contributed by atoms with Gasteiger partial charge in [0.25, 0.3) is 0 Å². The number of rotatable bonds is 7. The number of aliphatic carboxylic acids is 2. The monoisotopic (exact) mass is 258 g/mol. The predicted octanol–water partition coefficient (Wildman–Crippen LogP) is 2.03. The molecular formula is C14H19LiO4. The van der Waals surface area contributed by atoms with E-state index < -0.39 is 17.4 Å². The van der Waals surface area contributed by atoms with Gasteiger partial charge in [-0.15, -0.1) is 0 Å². The number of unbranched alkanes of at least 4 members (excludes halogenated alkanes) is 2. The molecule has 0 aromatic heterocycles. The number of carbonyl (C=O) groups is 2. The predicted molar refractivity (Wildman–Crippen MR) is 74.7 cm³/mol. The van der Waals surface area contributed by atoms with E-state index in [2.05, 4.69) is 0 Å². The summed E-state index contributed by atoms with van der Waals surface area (Å²) in [6.45, 7) is 1.99. The average molecular weight is 258 g/mol. The van der Waals surface area contributed by atoms with Gasteiger partial charge in [-0.25, -0.2) is 0 Å². The second kappa shape index (κ2) is 8.03. The van der Waals surface area contributed by atoms with Gasteiger partial charge in [0, 0.05) is 0 Å². The third kappa shape index (κ3) is 3.86. The van der Waals surface area contributed by atoms with Crippen LogP contribution in [0, 0.1) is 0 Å². The van der Waals surface area contributed by atoms with E-state index in [0.717, 1.165) is 12.8 Å². The van der Waals surface area contributed by atoms with Crippen molar-refractivity contribution in [1.29, 1.82) is 0 Å². The van der Waals surface area contributed by atoms with E-state index in [1.165, 1.54) is 0 Å². The molecule has 0 aliphatic heterocycles. The third-order valence-electron chi connectivity index (χ3n) is 3.15. The van der Waals surface area contributed by atoms with Gasteiger partial charge in [0.05, 0.1) is 0 Å². The SMILES string of the molecule is CCCCCC(C(=O)O)(C(=O)O)c1ccccc1.[LiH]. The second-order valence-corrected chi connectivity index (χ2v) is 4.34. The number of carboxylic acid groups (broad SMARTS) is 2. The Morgan fingerprint density at radius 1 is 1.05 bits per heavy atom. The summed E-state index contributed by atoms with van der Waals surface area (Å²) in [6.07, 6.45) is 2.46. The van der Waals surface area contributed by atoms with Crippen LogP contribution < -0.4 is 0 Å². The van der Waals surface area contributed by atoms with Crippen molar-refractivity contribution in [2.45, 2.75) is 38.0 Å². The molecule has 100 valence electrons. The van der Waals surface area contributed by atoms with Crippen LogP contribution in [0.4, 0.5) is 0 Å². The van der Waals surface area contributed by atoms with Crippen molar-refractivity contribution < 1.29 is 19.8 Å². The first-order chi connectivity index (χ1) is 8.55. The van der Waals surface area contributed by atoms with Gasteiger partial charge in [-0.3, -0.25) is 9.59 Å². The molecule has 4 nitrogen and oxygen atoms in total. The molecule has 0 radical (unpaired) electrons. The molecule has 0 atom stereocenters. The Kier molecular flexibility index (Phi) is 7.51. The van der Waals surface area contributed by atoms with Crippen molar-refractivity contribution in [2.24, 2.45) is 0 Å². The summed E-state index contributed by atoms with van der Waals surface area (Å²) < 4.78 is 0. The van der Waals surface area contributed by atoms with Crippen molar-refractivity contribution in [2.75, 3.05) is 0 Å². The fourth-order valence-corrected chi connectivity index (χ4v) is 2.06. The van der Waals surface area contributed by atoms with E-state index in [4.69, 9.17) is 0 Å². The first-order valence-corrected chi connectivity index (χ1v) is 6.08. The van der Waals surface area contributed by atoms with Crippen LogP contribution in [0.25, 0.3) is 0 Å². The van der Waals surface area contributed by atoms with Gasteiger partial charge in [-0.2, -0.15) is 0 Å². The number of benzene rings is 1. The van der Waals surface area contributed by atoms with Crippen LogP contribution >= 0.6 is 0 Å². The third-order valence-corrected chi connectivity index (χ3v) is 3.15. The zero-order chi connectivity index (χ0) is 13.6. The molecular weight excluding hydrogens is 239 g/mol. The van der Waals surface area contributed by atoms with Gasteiger partial charge in [0.1, 0.15) is 0 Å². The zero-order valence-corrected chi connectivity index (χ0v) is 10.4. The van der Waals surface area contributed by atoms with Crippen LogP contribution in [-0.4, -0.2) is 41.0 Å². The molecule has 0 heterocycles. The number of hydrogen-bond donors (Lipinski definition) is 2. The zero-order valence-electron chi connectivity index (χ0n) is 10.4. The molecule has 0 amide bonds. The summed E-state index contributed by atoms with van der Waals surface area (Å²) in [5, 5.41) is 18.7. The average Bonchev–Trinajstić information content (AvgIpc) is 2.35. The van der Waals surface area contributed by atoms with Crippen LogP contribution in [0.3, 0.4) is 0 Å². The molecule has 0 saturated heterocycles. The Hall–Kier alpha value is -1.24. The molecule has 0 unspecified atom stereocenters. The van der Waals surface area contributed by atoms with Gasteiger partial charge in [0.2, 0.25) is 0 Å². The summed E-state index contributed by atoms with van der Waals surface area (Å²) in [6, 6.07) is 8.19. The van der Waals surface area contributed by atoms with E-state index in [1.54, 1.807) is 30.3 Å². The number of carboxylic acids is 2. The first kappa shape index (κ1) is 17.8. The van der Waals surface area contributed by atoms with Gasteiger partial charge in [-0.05, 0) is 12.0 Å². The Bertz CT molecular complexity index is 403. The molecule has 19 heavy (non-hydrogen) atoms. The van der Waals surface area contributed by atoms with Crippen LogP contribution in [0.5, 0.6) is 0 Å². The molecule has 1 aromatic rings. The molecule has 0 fully saturated rings. The van der Waals surface area contributed by atoms with Crippen molar-refractivity contribution in [3.05, 3.63) is 35.9 Å². The van der Waals surface area contributed by atoms with Gasteiger partial charge in [0.15, 0.2) is 5.41 Å². The van der Waals surface area contributed by atoms with Crippen LogP contribution in [0.2, 0.25) is 0 Å². The molecule has 0 aliphatic carbocycles. The Balaban J connectivity index is 0.00000324. The number of hydrogen-bond acceptors (Lipinski definition) is 2. The Morgan fingerprint density at radius 2 is 1.58 bits per heavy atom. The standard InChI is InChI=1S/C14H18O4.Li.H/c1-2-3-7-10-14(12(15)16,13(17)18)11-8-5-4-6-9-11;;/h4-6,8-9H,2-3,7,10H2,1H3,(H,15,16)(H,17,18);;. The summed E-state index contributed by atoms with van der Waals surface area (Å²) >= 11 is 0. The quantitative estimate of drug-likeness (QED) is 0.446. The first-order valence-electron chi connectivity index (χ1n) is 6.08. The molecule has 1 rings (SSSR count). The minimum absolute atomic E-state index is 0. The molecule has 0 bridgehead atoms. The normalized spacial score (nSPS) is 10.6. The fourth-order valence-electron chi connectivity index (χ4n) is 2.06.